The molecule has 0 bridgehead atoms. The molecule has 3 rings (SSSR count). The largest absolute Gasteiger partial charge is 0.490 e. The Morgan fingerprint density at radius 1 is 1.06 bits per heavy atom. The molecule has 0 aliphatic heterocycles. The summed E-state index contributed by atoms with van der Waals surface area (Å²) >= 11 is 0. The van der Waals surface area contributed by atoms with Gasteiger partial charge in [-0.2, -0.15) is 5.26 Å². The summed E-state index contributed by atoms with van der Waals surface area (Å²) in [6, 6.07) is 20.6. The highest BCUT2D eigenvalue weighted by molar-refractivity contribution is 6.09. The van der Waals surface area contributed by atoms with Crippen LogP contribution in [-0.2, 0) is 11.4 Å². The van der Waals surface area contributed by atoms with Gasteiger partial charge < -0.3 is 14.8 Å². The molecule has 162 valence electrons. The molecule has 1 N–H and O–H groups in total. The summed E-state index contributed by atoms with van der Waals surface area (Å²) in [4.78, 5) is 12.5. The van der Waals surface area contributed by atoms with Crippen LogP contribution >= 0.6 is 0 Å². The monoisotopic (exact) mass is 430 g/mol. The molecule has 6 heteroatoms. The molecular weight excluding hydrogens is 407 g/mol. The molecule has 32 heavy (non-hydrogen) atoms. The zero-order valence-electron chi connectivity index (χ0n) is 17.9. The van der Waals surface area contributed by atoms with E-state index in [9.17, 15) is 14.4 Å². The maximum Gasteiger partial charge on any atom is 0.266 e. The predicted molar refractivity (Wildman–Crippen MR) is 122 cm³/mol. The maximum absolute atomic E-state index is 13.4. The molecule has 0 aromatic heterocycles. The minimum atomic E-state index is -0.498. The van der Waals surface area contributed by atoms with Gasteiger partial charge in [-0.15, -0.1) is 0 Å². The molecule has 0 saturated carbocycles. The van der Waals surface area contributed by atoms with Crippen molar-refractivity contribution < 1.29 is 18.7 Å². The highest BCUT2D eigenvalue weighted by Crippen LogP contribution is 2.30. The van der Waals surface area contributed by atoms with Gasteiger partial charge in [0.1, 0.15) is 24.1 Å². The van der Waals surface area contributed by atoms with Crippen LogP contribution in [0.1, 0.15) is 23.6 Å². The Bertz CT molecular complexity index is 1180. The summed E-state index contributed by atoms with van der Waals surface area (Å²) in [6.45, 7) is 4.34. The normalized spacial score (nSPS) is 10.9. The fourth-order valence-corrected chi connectivity index (χ4v) is 3.03. The van der Waals surface area contributed by atoms with E-state index in [1.54, 1.807) is 36.4 Å². The number of nitriles is 1. The van der Waals surface area contributed by atoms with E-state index in [-0.39, 0.29) is 18.0 Å². The molecule has 0 aliphatic rings. The first-order chi connectivity index (χ1) is 15.5. The lowest BCUT2D eigenvalue weighted by Gasteiger charge is -2.13. The summed E-state index contributed by atoms with van der Waals surface area (Å²) in [7, 11) is 0. The Labute approximate surface area is 186 Å². The summed E-state index contributed by atoms with van der Waals surface area (Å²) < 4.78 is 24.8. The van der Waals surface area contributed by atoms with Crippen LogP contribution in [0.5, 0.6) is 11.5 Å². The Morgan fingerprint density at radius 3 is 2.59 bits per heavy atom. The van der Waals surface area contributed by atoms with Gasteiger partial charge in [0, 0.05) is 5.69 Å². The average Bonchev–Trinajstić information content (AvgIpc) is 2.77. The molecule has 0 radical (unpaired) electrons. The number of carbonyl (C=O) groups excluding carboxylic acids is 1. The number of hydrogen-bond donors (Lipinski definition) is 1. The van der Waals surface area contributed by atoms with Crippen molar-refractivity contribution in [2.45, 2.75) is 20.5 Å². The smallest absolute Gasteiger partial charge is 0.266 e. The zero-order chi connectivity index (χ0) is 22.9. The van der Waals surface area contributed by atoms with Gasteiger partial charge in [0.05, 0.1) is 6.61 Å². The molecule has 0 saturated heterocycles. The molecule has 0 unspecified atom stereocenters. The van der Waals surface area contributed by atoms with Gasteiger partial charge in [-0.05, 0) is 73.0 Å². The van der Waals surface area contributed by atoms with Crippen LogP contribution in [0.3, 0.4) is 0 Å². The Morgan fingerprint density at radius 2 is 1.88 bits per heavy atom. The SMILES string of the molecule is CCOc1cc(/C=C(/C#N)C(=O)Nc2cccc(C)c2)ccc1OCc1cccc(F)c1. The first kappa shape index (κ1) is 22.6. The average molecular weight is 430 g/mol. The van der Waals surface area contributed by atoms with Gasteiger partial charge in [-0.1, -0.05) is 30.3 Å². The molecule has 3 aromatic rings. The standard InChI is InChI=1S/C26H23FN2O3/c1-3-31-25-15-19(10-11-24(25)32-17-20-7-5-8-22(27)14-20)13-21(16-28)26(30)29-23-9-4-6-18(2)12-23/h4-15H,3,17H2,1-2H3,(H,29,30)/b21-13-. The molecule has 3 aromatic carbocycles. The highest BCUT2D eigenvalue weighted by atomic mass is 19.1. The number of aryl methyl sites for hydroxylation is 1. The van der Waals surface area contributed by atoms with E-state index < -0.39 is 5.91 Å². The Hall–Kier alpha value is -4.11. The number of nitrogens with zero attached hydrogens (tertiary/aromatic N) is 1. The number of hydrogen-bond acceptors (Lipinski definition) is 4. The van der Waals surface area contributed by atoms with E-state index in [0.717, 1.165) is 5.56 Å². The second-order valence-corrected chi connectivity index (χ2v) is 7.05. The zero-order valence-corrected chi connectivity index (χ0v) is 17.9. The molecule has 0 fully saturated rings. The third-order valence-corrected chi connectivity index (χ3v) is 4.50. The molecule has 0 spiro atoms. The van der Waals surface area contributed by atoms with Crippen molar-refractivity contribution in [1.29, 1.82) is 5.26 Å². The van der Waals surface area contributed by atoms with Crippen molar-refractivity contribution in [3.63, 3.8) is 0 Å². The fraction of sp³-hybridized carbons (Fsp3) is 0.154. The van der Waals surface area contributed by atoms with Crippen LogP contribution in [-0.4, -0.2) is 12.5 Å². The minimum Gasteiger partial charge on any atom is -0.490 e. The lowest BCUT2D eigenvalue weighted by atomic mass is 10.1. The Kier molecular flexibility index (Phi) is 7.60. The second-order valence-electron chi connectivity index (χ2n) is 7.05. The van der Waals surface area contributed by atoms with Crippen LogP contribution in [0.15, 0.2) is 72.3 Å². The van der Waals surface area contributed by atoms with Gasteiger partial charge in [-0.25, -0.2) is 4.39 Å². The van der Waals surface area contributed by atoms with Crippen molar-refractivity contribution >= 4 is 17.7 Å². The molecule has 5 nitrogen and oxygen atoms in total. The number of carbonyl (C=O) groups is 1. The van der Waals surface area contributed by atoms with Crippen molar-refractivity contribution in [2.24, 2.45) is 0 Å². The summed E-state index contributed by atoms with van der Waals surface area (Å²) in [6.07, 6.45) is 1.49. The van der Waals surface area contributed by atoms with E-state index in [2.05, 4.69) is 5.32 Å². The van der Waals surface area contributed by atoms with Crippen LogP contribution in [0.4, 0.5) is 10.1 Å². The first-order valence-corrected chi connectivity index (χ1v) is 10.1. The van der Waals surface area contributed by atoms with Gasteiger partial charge in [-0.3, -0.25) is 4.79 Å². The Balaban J connectivity index is 1.78. The van der Waals surface area contributed by atoms with Crippen molar-refractivity contribution in [3.05, 3.63) is 94.8 Å². The topological polar surface area (TPSA) is 71.3 Å². The molecule has 1 amide bonds. The number of rotatable bonds is 8. The predicted octanol–water partition coefficient (Wildman–Crippen LogP) is 5.66. The number of ether oxygens (including phenoxy) is 2. The van der Waals surface area contributed by atoms with Crippen LogP contribution in [0, 0.1) is 24.1 Å². The fourth-order valence-electron chi connectivity index (χ4n) is 3.03. The molecule has 0 heterocycles. The van der Waals surface area contributed by atoms with Gasteiger partial charge >= 0.3 is 0 Å². The van der Waals surface area contributed by atoms with Crippen molar-refractivity contribution in [3.8, 4) is 17.6 Å². The first-order valence-electron chi connectivity index (χ1n) is 10.1. The van der Waals surface area contributed by atoms with Crippen LogP contribution in [0.2, 0.25) is 0 Å². The van der Waals surface area contributed by atoms with E-state index >= 15 is 0 Å². The molecule has 0 atom stereocenters. The van der Waals surface area contributed by atoms with Gasteiger partial charge in [0.15, 0.2) is 11.5 Å². The maximum atomic E-state index is 13.4. The van der Waals surface area contributed by atoms with Crippen molar-refractivity contribution in [1.82, 2.24) is 0 Å². The lowest BCUT2D eigenvalue weighted by molar-refractivity contribution is -0.112. The number of benzene rings is 3. The number of nitrogens with one attached hydrogen (secondary N) is 1. The molecular formula is C26H23FN2O3. The van der Waals surface area contributed by atoms with Crippen LogP contribution in [0.25, 0.3) is 6.08 Å². The summed E-state index contributed by atoms with van der Waals surface area (Å²) in [5, 5.41) is 12.2. The summed E-state index contributed by atoms with van der Waals surface area (Å²) in [5.74, 6) is 0.122. The van der Waals surface area contributed by atoms with Gasteiger partial charge in [0.2, 0.25) is 0 Å². The summed E-state index contributed by atoms with van der Waals surface area (Å²) in [5.41, 5.74) is 2.88. The minimum absolute atomic E-state index is 0.0395. The lowest BCUT2D eigenvalue weighted by Crippen LogP contribution is -2.13. The quantitative estimate of drug-likeness (QED) is 0.370. The van der Waals surface area contributed by atoms with Crippen molar-refractivity contribution in [2.75, 3.05) is 11.9 Å². The molecule has 0 aliphatic carbocycles. The number of anilines is 1. The second kappa shape index (κ2) is 10.8. The number of amides is 1. The third-order valence-electron chi connectivity index (χ3n) is 4.50. The third kappa shape index (κ3) is 6.19. The van der Waals surface area contributed by atoms with Crippen LogP contribution < -0.4 is 14.8 Å². The van der Waals surface area contributed by atoms with E-state index in [1.165, 1.54) is 18.2 Å². The van der Waals surface area contributed by atoms with E-state index in [1.807, 2.05) is 38.1 Å². The number of halogens is 1. The van der Waals surface area contributed by atoms with E-state index in [0.29, 0.717) is 34.9 Å². The van der Waals surface area contributed by atoms with E-state index in [4.69, 9.17) is 9.47 Å². The highest BCUT2D eigenvalue weighted by Gasteiger charge is 2.12. The van der Waals surface area contributed by atoms with Gasteiger partial charge in [0.25, 0.3) is 5.91 Å².